The second-order valence-corrected chi connectivity index (χ2v) is 26.9. The van der Waals surface area contributed by atoms with Crippen LogP contribution in [0.1, 0.15) is 348 Å². The van der Waals surface area contributed by atoms with Crippen LogP contribution >= 0.6 is 0 Å². The number of carbonyl (C=O) groups excluding carboxylic acids is 3. The van der Waals surface area contributed by atoms with E-state index >= 15 is 0 Å². The third-order valence-electron chi connectivity index (χ3n) is 16.8. The van der Waals surface area contributed by atoms with E-state index in [2.05, 4.69) is 111 Å². The lowest BCUT2D eigenvalue weighted by molar-refractivity contribution is -0.870. The fourth-order valence-corrected chi connectivity index (χ4v) is 11.0. The molecule has 0 spiro atoms. The minimum Gasteiger partial charge on any atom is -0.545 e. The van der Waals surface area contributed by atoms with Crippen LogP contribution in [0.4, 0.5) is 0 Å². The Morgan fingerprint density at radius 3 is 0.945 bits per heavy atom. The number of quaternary nitrogens is 1. The topological polar surface area (TPSA) is 111 Å². The minimum absolute atomic E-state index is 0.147. The molecule has 0 radical (unpaired) electrons. The van der Waals surface area contributed by atoms with Crippen molar-refractivity contribution in [3.63, 3.8) is 0 Å². The first-order chi connectivity index (χ1) is 44.6. The molecular formula is C82H145NO8. The number of hydrogen-bond donors (Lipinski definition) is 0. The van der Waals surface area contributed by atoms with E-state index in [0.717, 1.165) is 77.0 Å². The summed E-state index contributed by atoms with van der Waals surface area (Å²) in [5.74, 6) is -2.26. The van der Waals surface area contributed by atoms with Crippen LogP contribution in [0, 0.1) is 0 Å². The number of likely N-dealkylation sites (N-methyl/N-ethyl adjacent to an activating group) is 1. The van der Waals surface area contributed by atoms with E-state index in [-0.39, 0.29) is 32.2 Å². The molecule has 0 amide bonds. The van der Waals surface area contributed by atoms with E-state index < -0.39 is 24.3 Å². The zero-order chi connectivity index (χ0) is 66.1. The Morgan fingerprint density at radius 2 is 0.626 bits per heavy atom. The molecule has 0 aliphatic rings. The lowest BCUT2D eigenvalue weighted by Gasteiger charge is -2.26. The Labute approximate surface area is 562 Å². The first kappa shape index (κ1) is 87.2. The minimum atomic E-state index is -1.62. The van der Waals surface area contributed by atoms with Crippen LogP contribution in [-0.2, 0) is 33.3 Å². The zero-order valence-corrected chi connectivity index (χ0v) is 60.2. The largest absolute Gasteiger partial charge is 0.545 e. The molecule has 0 aromatic carbocycles. The highest BCUT2D eigenvalue weighted by atomic mass is 16.7. The predicted molar refractivity (Wildman–Crippen MR) is 389 cm³/mol. The third-order valence-corrected chi connectivity index (χ3v) is 16.8. The predicted octanol–water partition coefficient (Wildman–Crippen LogP) is 23.0. The molecule has 526 valence electrons. The van der Waals surface area contributed by atoms with Gasteiger partial charge in [-0.1, -0.05) is 336 Å². The van der Waals surface area contributed by atoms with Gasteiger partial charge in [-0.05, 0) is 96.3 Å². The van der Waals surface area contributed by atoms with Gasteiger partial charge in [-0.15, -0.1) is 0 Å². The molecule has 0 saturated carbocycles. The molecule has 0 aliphatic heterocycles. The van der Waals surface area contributed by atoms with Gasteiger partial charge in [0.05, 0.1) is 40.3 Å². The van der Waals surface area contributed by atoms with Gasteiger partial charge >= 0.3 is 11.9 Å². The SMILES string of the molecule is CC/C=C\C/C=C\C/C=C\C/C=C\C/C=C\C/C=C\C/C=C\CCCCCCCCCCCCCCCCCCCC(=O)OC(COC(=O)CCCCCCCCCCCCCCCCC/C=C\CCCCCCCCCC)COC(OCC[N+](C)(C)C)C(=O)[O-]. The molecule has 9 nitrogen and oxygen atoms in total. The first-order valence-corrected chi connectivity index (χ1v) is 38.4. The summed E-state index contributed by atoms with van der Waals surface area (Å²) in [4.78, 5) is 37.6. The number of esters is 2. The van der Waals surface area contributed by atoms with Gasteiger partial charge < -0.3 is 33.3 Å². The van der Waals surface area contributed by atoms with Crippen molar-refractivity contribution in [1.29, 1.82) is 0 Å². The Bertz CT molecular complexity index is 1820. The van der Waals surface area contributed by atoms with E-state index in [0.29, 0.717) is 23.9 Å². The Balaban J connectivity index is 4.04. The first-order valence-electron chi connectivity index (χ1n) is 38.4. The summed E-state index contributed by atoms with van der Waals surface area (Å²) in [6, 6.07) is 0. The third kappa shape index (κ3) is 73.5. The van der Waals surface area contributed by atoms with Crippen LogP contribution in [0.3, 0.4) is 0 Å². The highest BCUT2D eigenvalue weighted by Gasteiger charge is 2.22. The van der Waals surface area contributed by atoms with Gasteiger partial charge in [0.1, 0.15) is 13.2 Å². The zero-order valence-electron chi connectivity index (χ0n) is 60.2. The van der Waals surface area contributed by atoms with Gasteiger partial charge in [0.2, 0.25) is 0 Å². The molecule has 0 rings (SSSR count). The van der Waals surface area contributed by atoms with E-state index in [1.165, 1.54) is 238 Å². The average molecular weight is 1270 g/mol. The Kier molecular flexibility index (Phi) is 69.0. The van der Waals surface area contributed by atoms with E-state index in [1.54, 1.807) is 0 Å². The number of hydrogen-bond acceptors (Lipinski definition) is 8. The normalized spacial score (nSPS) is 13.2. The quantitative estimate of drug-likeness (QED) is 0.0195. The van der Waals surface area contributed by atoms with Crippen LogP contribution in [0.15, 0.2) is 97.2 Å². The molecule has 9 heteroatoms. The van der Waals surface area contributed by atoms with Crippen molar-refractivity contribution in [3.05, 3.63) is 97.2 Å². The standard InChI is InChI=1S/C82H145NO8/c1-6-8-10-12-14-16-18-20-22-24-26-28-30-32-34-35-36-37-38-39-40-41-42-43-44-45-47-49-51-53-55-57-59-61-63-65-67-69-71-73-80(85)91-78(77-90-82(81(86)87)88-75-74-83(3,4)5)76-89-79(84)72-70-68-66-64-62-60-58-56-54-52-50-48-46-33-31-29-27-25-23-21-19-17-15-13-11-9-7-2/h8,10,14,16,20,22,25-28,32,34,36-37,39-40,78,82H,6-7,9,11-13,15,17-19,21,23-24,29-31,33,35,38,41-77H2,1-5H3/b10-8-,16-14-,22-20-,27-25-,28-26-,34-32-,37-36-,40-39-. The number of rotatable bonds is 71. The highest BCUT2D eigenvalue weighted by molar-refractivity contribution is 5.70. The molecule has 0 aliphatic carbocycles. The summed E-state index contributed by atoms with van der Waals surface area (Å²) in [5, 5.41) is 11.8. The fourth-order valence-electron chi connectivity index (χ4n) is 11.0. The van der Waals surface area contributed by atoms with Crippen LogP contribution < -0.4 is 5.11 Å². The fraction of sp³-hybridized carbons (Fsp3) is 0.768. The van der Waals surface area contributed by atoms with Gasteiger partial charge in [-0.3, -0.25) is 9.59 Å². The lowest BCUT2D eigenvalue weighted by atomic mass is 10.0. The molecule has 2 unspecified atom stereocenters. The summed E-state index contributed by atoms with van der Waals surface area (Å²) >= 11 is 0. The summed E-state index contributed by atoms with van der Waals surface area (Å²) in [5.41, 5.74) is 0. The second kappa shape index (κ2) is 72.0. The second-order valence-electron chi connectivity index (χ2n) is 26.9. The molecule has 0 heterocycles. The van der Waals surface area contributed by atoms with Gasteiger partial charge in [-0.2, -0.15) is 0 Å². The molecule has 0 aromatic heterocycles. The average Bonchev–Trinajstić information content (AvgIpc) is 3.46. The summed E-state index contributed by atoms with van der Waals surface area (Å²) in [6.45, 7) is 4.68. The number of carboxylic acids is 1. The molecule has 0 saturated heterocycles. The lowest BCUT2D eigenvalue weighted by Crippen LogP contribution is -2.44. The maximum absolute atomic E-state index is 13.0. The monoisotopic (exact) mass is 1270 g/mol. The van der Waals surface area contributed by atoms with Crippen molar-refractivity contribution in [2.75, 3.05) is 47.5 Å². The van der Waals surface area contributed by atoms with Crippen molar-refractivity contribution in [2.24, 2.45) is 0 Å². The summed E-state index contributed by atoms with van der Waals surface area (Å²) < 4.78 is 22.9. The van der Waals surface area contributed by atoms with Crippen molar-refractivity contribution in [3.8, 4) is 0 Å². The number of ether oxygens (including phenoxy) is 4. The van der Waals surface area contributed by atoms with Crippen LogP contribution in [0.2, 0.25) is 0 Å². The maximum Gasteiger partial charge on any atom is 0.306 e. The van der Waals surface area contributed by atoms with E-state index in [1.807, 2.05) is 21.1 Å². The highest BCUT2D eigenvalue weighted by Crippen LogP contribution is 2.18. The number of nitrogens with zero attached hydrogens (tertiary/aromatic N) is 1. The molecule has 91 heavy (non-hydrogen) atoms. The van der Waals surface area contributed by atoms with Crippen LogP contribution in [-0.4, -0.2) is 82.3 Å². The summed E-state index contributed by atoms with van der Waals surface area (Å²) in [7, 11) is 5.94. The van der Waals surface area contributed by atoms with Gasteiger partial charge in [-0.25, -0.2) is 0 Å². The number of carboxylic acid groups (broad SMARTS) is 1. The number of aliphatic carboxylic acids is 1. The van der Waals surface area contributed by atoms with Crippen molar-refractivity contribution < 1.29 is 42.9 Å². The van der Waals surface area contributed by atoms with Crippen molar-refractivity contribution in [2.45, 2.75) is 360 Å². The Hall–Kier alpha value is -3.79. The van der Waals surface area contributed by atoms with Crippen molar-refractivity contribution in [1.82, 2.24) is 0 Å². The van der Waals surface area contributed by atoms with Crippen LogP contribution in [0.5, 0.6) is 0 Å². The van der Waals surface area contributed by atoms with Crippen molar-refractivity contribution >= 4 is 17.9 Å². The molecule has 0 bridgehead atoms. The van der Waals surface area contributed by atoms with E-state index in [9.17, 15) is 19.5 Å². The van der Waals surface area contributed by atoms with Gasteiger partial charge in [0, 0.05) is 12.8 Å². The van der Waals surface area contributed by atoms with E-state index in [4.69, 9.17) is 18.9 Å². The van der Waals surface area contributed by atoms with Gasteiger partial charge in [0.25, 0.3) is 0 Å². The summed E-state index contributed by atoms with van der Waals surface area (Å²) in [6.07, 6.45) is 96.5. The molecule has 2 atom stereocenters. The number of unbranched alkanes of at least 4 members (excludes halogenated alkanes) is 40. The smallest absolute Gasteiger partial charge is 0.306 e. The molecule has 0 fully saturated rings. The van der Waals surface area contributed by atoms with Gasteiger partial charge in [0.15, 0.2) is 12.4 Å². The Morgan fingerprint density at radius 1 is 0.341 bits per heavy atom. The van der Waals surface area contributed by atoms with Crippen LogP contribution in [0.25, 0.3) is 0 Å². The molecule has 0 N–H and O–H groups in total. The number of carbonyl (C=O) groups is 3. The number of allylic oxidation sites excluding steroid dienone is 16. The molecule has 0 aromatic rings. The maximum atomic E-state index is 13.0. The molecular weight excluding hydrogens is 1130 g/mol.